The van der Waals surface area contributed by atoms with Crippen LogP contribution in [0.15, 0.2) is 34.7 Å². The van der Waals surface area contributed by atoms with Crippen LogP contribution in [-0.4, -0.2) is 13.7 Å². The van der Waals surface area contributed by atoms with Crippen molar-refractivity contribution in [3.05, 3.63) is 53.0 Å². The highest BCUT2D eigenvalue weighted by atomic mass is 16.5. The van der Waals surface area contributed by atoms with Crippen molar-refractivity contribution in [2.75, 3.05) is 13.7 Å². The molecule has 0 amide bonds. The smallest absolute Gasteiger partial charge is 0.119 e. The van der Waals surface area contributed by atoms with E-state index in [0.29, 0.717) is 0 Å². The number of ether oxygens (including phenoxy) is 1. The van der Waals surface area contributed by atoms with E-state index in [1.807, 2.05) is 33.0 Å². The zero-order valence-electron chi connectivity index (χ0n) is 12.7. The Balaban J connectivity index is 2.21. The van der Waals surface area contributed by atoms with Gasteiger partial charge in [-0.3, -0.25) is 0 Å². The molecule has 0 saturated heterocycles. The summed E-state index contributed by atoms with van der Waals surface area (Å²) in [6, 6.07) is 10.5. The number of rotatable bonds is 6. The molecule has 2 rings (SSSR count). The van der Waals surface area contributed by atoms with Crippen molar-refractivity contribution in [3.63, 3.8) is 0 Å². The molecule has 0 aliphatic heterocycles. The summed E-state index contributed by atoms with van der Waals surface area (Å²) in [6.07, 6.45) is 1.02. The quantitative estimate of drug-likeness (QED) is 0.864. The van der Waals surface area contributed by atoms with Gasteiger partial charge in [-0.25, -0.2) is 0 Å². The lowest BCUT2D eigenvalue weighted by molar-refractivity contribution is 0.317. The second kappa shape index (κ2) is 6.62. The molecule has 0 bridgehead atoms. The molecule has 0 saturated carbocycles. The maximum atomic E-state index is 5.63. The van der Waals surface area contributed by atoms with Gasteiger partial charge in [0.1, 0.15) is 17.3 Å². The second-order valence-electron chi connectivity index (χ2n) is 5.01. The van der Waals surface area contributed by atoms with Gasteiger partial charge in [-0.15, -0.1) is 0 Å². The van der Waals surface area contributed by atoms with Crippen LogP contribution < -0.4 is 10.1 Å². The number of hydrogen-bond acceptors (Lipinski definition) is 3. The zero-order chi connectivity index (χ0) is 14.5. The molecule has 1 aromatic heterocycles. The van der Waals surface area contributed by atoms with Gasteiger partial charge in [-0.05, 0) is 51.1 Å². The van der Waals surface area contributed by atoms with Gasteiger partial charge in [0, 0.05) is 5.56 Å². The maximum absolute atomic E-state index is 5.63. The Morgan fingerprint density at radius 1 is 1.20 bits per heavy atom. The summed E-state index contributed by atoms with van der Waals surface area (Å²) in [5, 5.41) is 3.35. The standard InChI is InChI=1S/C17H23NO2/c1-5-10-19-15-8-6-14(7-9-15)17(18-4)16-11-12(2)20-13(16)3/h6-9,11,17-18H,5,10H2,1-4H3. The normalized spacial score (nSPS) is 12.4. The molecule has 3 heteroatoms. The molecular weight excluding hydrogens is 250 g/mol. The Bertz CT molecular complexity index is 543. The SMILES string of the molecule is CCCOc1ccc(C(NC)c2cc(C)oc2C)cc1. The first-order valence-electron chi connectivity index (χ1n) is 7.12. The third-order valence-corrected chi connectivity index (χ3v) is 3.37. The molecule has 1 atom stereocenters. The van der Waals surface area contributed by atoms with Crippen LogP contribution in [0.3, 0.4) is 0 Å². The highest BCUT2D eigenvalue weighted by Crippen LogP contribution is 2.28. The lowest BCUT2D eigenvalue weighted by Crippen LogP contribution is -2.17. The second-order valence-corrected chi connectivity index (χ2v) is 5.01. The maximum Gasteiger partial charge on any atom is 0.119 e. The van der Waals surface area contributed by atoms with Gasteiger partial charge in [-0.2, -0.15) is 0 Å². The van der Waals surface area contributed by atoms with Crippen molar-refractivity contribution in [2.24, 2.45) is 0 Å². The number of benzene rings is 1. The molecule has 1 unspecified atom stereocenters. The van der Waals surface area contributed by atoms with E-state index < -0.39 is 0 Å². The summed E-state index contributed by atoms with van der Waals surface area (Å²) in [7, 11) is 1.97. The number of nitrogens with one attached hydrogen (secondary N) is 1. The Labute approximate surface area is 121 Å². The third kappa shape index (κ3) is 3.23. The first-order chi connectivity index (χ1) is 9.65. The summed E-state index contributed by atoms with van der Waals surface area (Å²) in [5.74, 6) is 2.83. The van der Waals surface area contributed by atoms with Crippen LogP contribution in [0.1, 0.15) is 42.0 Å². The van der Waals surface area contributed by atoms with Crippen LogP contribution in [0.2, 0.25) is 0 Å². The van der Waals surface area contributed by atoms with E-state index in [1.165, 1.54) is 11.1 Å². The van der Waals surface area contributed by atoms with Crippen LogP contribution in [0, 0.1) is 13.8 Å². The first kappa shape index (κ1) is 14.7. The van der Waals surface area contributed by atoms with Gasteiger partial charge in [0.05, 0.1) is 12.6 Å². The van der Waals surface area contributed by atoms with E-state index >= 15 is 0 Å². The molecule has 0 radical (unpaired) electrons. The van der Waals surface area contributed by atoms with E-state index in [0.717, 1.165) is 30.3 Å². The van der Waals surface area contributed by atoms with E-state index in [-0.39, 0.29) is 6.04 Å². The lowest BCUT2D eigenvalue weighted by atomic mass is 9.99. The zero-order valence-corrected chi connectivity index (χ0v) is 12.7. The molecule has 2 aromatic rings. The van der Waals surface area contributed by atoms with Crippen LogP contribution in [0.4, 0.5) is 0 Å². The molecule has 20 heavy (non-hydrogen) atoms. The first-order valence-corrected chi connectivity index (χ1v) is 7.12. The summed E-state index contributed by atoms with van der Waals surface area (Å²) < 4.78 is 11.2. The minimum Gasteiger partial charge on any atom is -0.494 e. The third-order valence-electron chi connectivity index (χ3n) is 3.37. The number of furan rings is 1. The van der Waals surface area contributed by atoms with E-state index in [2.05, 4.69) is 30.4 Å². The van der Waals surface area contributed by atoms with Gasteiger partial charge >= 0.3 is 0 Å². The minimum atomic E-state index is 0.146. The van der Waals surface area contributed by atoms with E-state index in [4.69, 9.17) is 9.15 Å². The van der Waals surface area contributed by atoms with Crippen LogP contribution in [0.25, 0.3) is 0 Å². The number of hydrogen-bond donors (Lipinski definition) is 1. The van der Waals surface area contributed by atoms with Crippen molar-refractivity contribution in [3.8, 4) is 5.75 Å². The fourth-order valence-electron chi connectivity index (χ4n) is 2.42. The van der Waals surface area contributed by atoms with Crippen molar-refractivity contribution in [1.82, 2.24) is 5.32 Å². The molecule has 1 aromatic carbocycles. The van der Waals surface area contributed by atoms with Gasteiger partial charge in [0.25, 0.3) is 0 Å². The molecule has 0 fully saturated rings. The highest BCUT2D eigenvalue weighted by Gasteiger charge is 2.17. The van der Waals surface area contributed by atoms with E-state index in [1.54, 1.807) is 0 Å². The molecule has 1 heterocycles. The van der Waals surface area contributed by atoms with Crippen molar-refractivity contribution >= 4 is 0 Å². The van der Waals surface area contributed by atoms with Crippen molar-refractivity contribution in [2.45, 2.75) is 33.2 Å². The predicted molar refractivity (Wildman–Crippen MR) is 81.3 cm³/mol. The Morgan fingerprint density at radius 2 is 1.90 bits per heavy atom. The topological polar surface area (TPSA) is 34.4 Å². The fraction of sp³-hybridized carbons (Fsp3) is 0.412. The molecule has 1 N–H and O–H groups in total. The fourth-order valence-corrected chi connectivity index (χ4v) is 2.42. The van der Waals surface area contributed by atoms with Crippen molar-refractivity contribution < 1.29 is 9.15 Å². The Kier molecular flexibility index (Phi) is 4.85. The van der Waals surface area contributed by atoms with Gasteiger partial charge in [0.2, 0.25) is 0 Å². The highest BCUT2D eigenvalue weighted by molar-refractivity contribution is 5.37. The summed E-state index contributed by atoms with van der Waals surface area (Å²) >= 11 is 0. The summed E-state index contributed by atoms with van der Waals surface area (Å²) in [5.41, 5.74) is 2.40. The largest absolute Gasteiger partial charge is 0.494 e. The van der Waals surface area contributed by atoms with Gasteiger partial charge < -0.3 is 14.5 Å². The molecule has 3 nitrogen and oxygen atoms in total. The Hall–Kier alpha value is -1.74. The summed E-state index contributed by atoms with van der Waals surface area (Å²) in [6.45, 7) is 6.85. The molecule has 0 aliphatic carbocycles. The van der Waals surface area contributed by atoms with Crippen LogP contribution in [0.5, 0.6) is 5.75 Å². The average Bonchev–Trinajstić information content (AvgIpc) is 2.78. The molecule has 0 spiro atoms. The van der Waals surface area contributed by atoms with Crippen molar-refractivity contribution in [1.29, 1.82) is 0 Å². The Morgan fingerprint density at radius 3 is 2.40 bits per heavy atom. The number of aryl methyl sites for hydroxylation is 2. The molecule has 108 valence electrons. The summed E-state index contributed by atoms with van der Waals surface area (Å²) in [4.78, 5) is 0. The van der Waals surface area contributed by atoms with E-state index in [9.17, 15) is 0 Å². The monoisotopic (exact) mass is 273 g/mol. The van der Waals surface area contributed by atoms with Gasteiger partial charge in [-0.1, -0.05) is 19.1 Å². The van der Waals surface area contributed by atoms with Gasteiger partial charge in [0.15, 0.2) is 0 Å². The van der Waals surface area contributed by atoms with Crippen LogP contribution in [-0.2, 0) is 0 Å². The minimum absolute atomic E-state index is 0.146. The molecular formula is C17H23NO2. The lowest BCUT2D eigenvalue weighted by Gasteiger charge is -2.16. The predicted octanol–water partition coefficient (Wildman–Crippen LogP) is 3.99. The van der Waals surface area contributed by atoms with Crippen LogP contribution >= 0.6 is 0 Å². The average molecular weight is 273 g/mol. The molecule has 0 aliphatic rings.